The minimum absolute atomic E-state index is 0.107. The van der Waals surface area contributed by atoms with Gasteiger partial charge in [0.2, 0.25) is 5.91 Å². The molecule has 0 aliphatic carbocycles. The van der Waals surface area contributed by atoms with Crippen LogP contribution in [0.1, 0.15) is 41.3 Å². The smallest absolute Gasteiger partial charge is 0.332 e. The van der Waals surface area contributed by atoms with E-state index in [4.69, 9.17) is 4.74 Å². The molecule has 0 unspecified atom stereocenters. The number of ether oxygens (including phenoxy) is 1. The van der Waals surface area contributed by atoms with E-state index in [0.29, 0.717) is 30.8 Å². The largest absolute Gasteiger partial charge is 0.376 e. The highest BCUT2D eigenvalue weighted by atomic mass is 16.5. The lowest BCUT2D eigenvalue weighted by Gasteiger charge is -2.17. The number of anilines is 1. The van der Waals surface area contributed by atoms with Crippen LogP contribution in [-0.2, 0) is 35.5 Å². The Labute approximate surface area is 237 Å². The van der Waals surface area contributed by atoms with Gasteiger partial charge in [0.1, 0.15) is 6.54 Å². The first-order chi connectivity index (χ1) is 19.9. The molecule has 9 nitrogen and oxygen atoms in total. The summed E-state index contributed by atoms with van der Waals surface area (Å²) in [6.07, 6.45) is 2.77. The third-order valence-corrected chi connectivity index (χ3v) is 7.41. The fraction of sp³-hybridized carbons (Fsp3) is 0.312. The molecule has 41 heavy (non-hydrogen) atoms. The highest BCUT2D eigenvalue weighted by molar-refractivity contribution is 5.98. The minimum Gasteiger partial charge on any atom is -0.376 e. The molecule has 2 N–H and O–H groups in total. The lowest BCUT2D eigenvalue weighted by molar-refractivity contribution is -0.116. The van der Waals surface area contributed by atoms with Crippen molar-refractivity contribution >= 4 is 28.4 Å². The number of aryl methyl sites for hydroxylation is 1. The van der Waals surface area contributed by atoms with E-state index in [1.807, 2.05) is 61.5 Å². The first kappa shape index (κ1) is 28.0. The number of benzene rings is 3. The Balaban J connectivity index is 1.47. The molecule has 9 heteroatoms. The molecule has 1 aliphatic rings. The van der Waals surface area contributed by atoms with Crippen LogP contribution in [0.25, 0.3) is 10.9 Å². The van der Waals surface area contributed by atoms with E-state index in [1.54, 1.807) is 12.1 Å². The van der Waals surface area contributed by atoms with Gasteiger partial charge in [0.05, 0.1) is 23.6 Å². The number of hydrogen-bond acceptors (Lipinski definition) is 5. The molecule has 1 atom stereocenters. The number of nitrogens with one attached hydrogen (secondary N) is 2. The third-order valence-electron chi connectivity index (χ3n) is 7.41. The quantitative estimate of drug-likeness (QED) is 0.312. The van der Waals surface area contributed by atoms with Gasteiger partial charge in [-0.3, -0.25) is 23.5 Å². The lowest BCUT2D eigenvalue weighted by atomic mass is 10.1. The first-order valence-electron chi connectivity index (χ1n) is 14.0. The van der Waals surface area contributed by atoms with E-state index >= 15 is 0 Å². The maximum atomic E-state index is 13.7. The van der Waals surface area contributed by atoms with Crippen LogP contribution in [0.15, 0.2) is 82.4 Å². The minimum atomic E-state index is -0.612. The normalized spacial score (nSPS) is 14.7. The zero-order valence-electron chi connectivity index (χ0n) is 23.1. The van der Waals surface area contributed by atoms with Crippen LogP contribution in [0, 0.1) is 0 Å². The molecule has 0 bridgehead atoms. The second-order valence-electron chi connectivity index (χ2n) is 10.2. The molecular weight excluding hydrogens is 520 g/mol. The van der Waals surface area contributed by atoms with Crippen molar-refractivity contribution in [3.8, 4) is 0 Å². The van der Waals surface area contributed by atoms with Gasteiger partial charge in [-0.25, -0.2) is 4.79 Å². The molecule has 2 heterocycles. The van der Waals surface area contributed by atoms with E-state index in [-0.39, 0.29) is 36.0 Å². The van der Waals surface area contributed by atoms with Gasteiger partial charge in [-0.2, -0.15) is 0 Å². The molecule has 1 aliphatic heterocycles. The second-order valence-corrected chi connectivity index (χ2v) is 10.2. The summed E-state index contributed by atoms with van der Waals surface area (Å²) in [4.78, 5) is 53.4. The molecule has 3 aromatic carbocycles. The third kappa shape index (κ3) is 6.47. The molecule has 212 valence electrons. The number of fused-ring (bicyclic) bond motifs is 1. The summed E-state index contributed by atoms with van der Waals surface area (Å²) in [7, 11) is 0. The van der Waals surface area contributed by atoms with Crippen LogP contribution in [0.2, 0.25) is 0 Å². The average Bonchev–Trinajstić information content (AvgIpc) is 3.51. The van der Waals surface area contributed by atoms with Gasteiger partial charge in [-0.15, -0.1) is 0 Å². The van der Waals surface area contributed by atoms with Crippen molar-refractivity contribution in [3.63, 3.8) is 0 Å². The predicted octanol–water partition coefficient (Wildman–Crippen LogP) is 3.52. The monoisotopic (exact) mass is 554 g/mol. The van der Waals surface area contributed by atoms with Crippen LogP contribution < -0.4 is 21.9 Å². The predicted molar refractivity (Wildman–Crippen MR) is 158 cm³/mol. The number of nitrogens with zero attached hydrogens (tertiary/aromatic N) is 2. The summed E-state index contributed by atoms with van der Waals surface area (Å²) in [5.41, 5.74) is 2.19. The molecule has 1 saturated heterocycles. The van der Waals surface area contributed by atoms with Gasteiger partial charge in [0.25, 0.3) is 11.5 Å². The molecule has 1 aromatic heterocycles. The van der Waals surface area contributed by atoms with Gasteiger partial charge in [-0.05, 0) is 61.1 Å². The Kier molecular flexibility index (Phi) is 8.74. The molecule has 2 amide bonds. The zero-order chi connectivity index (χ0) is 28.8. The topological polar surface area (TPSA) is 111 Å². The maximum Gasteiger partial charge on any atom is 0.332 e. The summed E-state index contributed by atoms with van der Waals surface area (Å²) < 4.78 is 8.10. The van der Waals surface area contributed by atoms with Crippen molar-refractivity contribution in [1.29, 1.82) is 0 Å². The highest BCUT2D eigenvalue weighted by Crippen LogP contribution is 2.17. The van der Waals surface area contributed by atoms with Gasteiger partial charge >= 0.3 is 5.69 Å². The van der Waals surface area contributed by atoms with Crippen LogP contribution in [0.4, 0.5) is 5.69 Å². The molecule has 5 rings (SSSR count). The van der Waals surface area contributed by atoms with Crippen LogP contribution in [0.3, 0.4) is 0 Å². The van der Waals surface area contributed by atoms with Crippen molar-refractivity contribution < 1.29 is 14.3 Å². The lowest BCUT2D eigenvalue weighted by Crippen LogP contribution is -2.43. The highest BCUT2D eigenvalue weighted by Gasteiger charge is 2.22. The van der Waals surface area contributed by atoms with Crippen molar-refractivity contribution in [2.24, 2.45) is 0 Å². The first-order valence-corrected chi connectivity index (χ1v) is 14.0. The number of para-hydroxylation sites is 1. The van der Waals surface area contributed by atoms with Crippen LogP contribution in [0.5, 0.6) is 0 Å². The van der Waals surface area contributed by atoms with Crippen molar-refractivity contribution in [3.05, 3.63) is 110 Å². The summed E-state index contributed by atoms with van der Waals surface area (Å²) in [6, 6.07) is 21.9. The van der Waals surface area contributed by atoms with Crippen molar-refractivity contribution in [2.45, 2.75) is 51.8 Å². The van der Waals surface area contributed by atoms with Gasteiger partial charge in [0.15, 0.2) is 0 Å². The van der Waals surface area contributed by atoms with E-state index < -0.39 is 17.2 Å². The number of carbonyl (C=O) groups excluding carboxylic acids is 2. The molecular formula is C32H34N4O5. The molecule has 0 spiro atoms. The van der Waals surface area contributed by atoms with E-state index in [9.17, 15) is 19.2 Å². The number of carbonyl (C=O) groups is 2. The second kappa shape index (κ2) is 12.8. The Bertz CT molecular complexity index is 1670. The summed E-state index contributed by atoms with van der Waals surface area (Å²) in [5.74, 6) is -0.735. The molecule has 0 radical (unpaired) electrons. The Morgan fingerprint density at radius 1 is 0.976 bits per heavy atom. The fourth-order valence-corrected chi connectivity index (χ4v) is 5.21. The number of aromatic nitrogens is 2. The Morgan fingerprint density at radius 3 is 2.51 bits per heavy atom. The van der Waals surface area contributed by atoms with Gasteiger partial charge in [-0.1, -0.05) is 55.5 Å². The Morgan fingerprint density at radius 2 is 1.76 bits per heavy atom. The van der Waals surface area contributed by atoms with E-state index in [1.165, 1.54) is 10.6 Å². The van der Waals surface area contributed by atoms with Gasteiger partial charge in [0, 0.05) is 24.4 Å². The summed E-state index contributed by atoms with van der Waals surface area (Å²) in [5, 5.41) is 6.06. The zero-order valence-corrected chi connectivity index (χ0v) is 23.1. The van der Waals surface area contributed by atoms with Gasteiger partial charge < -0.3 is 15.4 Å². The molecule has 1 fully saturated rings. The van der Waals surface area contributed by atoms with Crippen molar-refractivity contribution in [1.82, 2.24) is 14.5 Å². The van der Waals surface area contributed by atoms with Crippen molar-refractivity contribution in [2.75, 3.05) is 18.5 Å². The standard InChI is InChI=1S/C32H34N4O5/c1-2-23-11-6-7-13-27(23)34-29(37)21-35-28-19-24(30(38)33-17-16-22-9-4-3-5-10-22)14-15-26(28)31(39)36(32(35)40)20-25-12-8-18-41-25/h3-7,9-11,13-15,19,25H,2,8,12,16-18,20-21H2,1H3,(H,33,38)(H,34,37)/t25-/m0/s1. The molecule has 4 aromatic rings. The number of hydrogen-bond donors (Lipinski definition) is 2. The average molecular weight is 555 g/mol. The van der Waals surface area contributed by atoms with Crippen LogP contribution >= 0.6 is 0 Å². The number of amides is 2. The van der Waals surface area contributed by atoms with E-state index in [0.717, 1.165) is 35.0 Å². The SMILES string of the molecule is CCc1ccccc1NC(=O)Cn1c(=O)n(C[C@@H]2CCCO2)c(=O)c2ccc(C(=O)NCCc3ccccc3)cc21. The molecule has 0 saturated carbocycles. The number of rotatable bonds is 10. The van der Waals surface area contributed by atoms with E-state index in [2.05, 4.69) is 10.6 Å². The summed E-state index contributed by atoms with van der Waals surface area (Å²) >= 11 is 0. The van der Waals surface area contributed by atoms with Crippen LogP contribution in [-0.4, -0.2) is 40.2 Å². The maximum absolute atomic E-state index is 13.7. The summed E-state index contributed by atoms with van der Waals surface area (Å²) in [6.45, 7) is 2.80. The fourth-order valence-electron chi connectivity index (χ4n) is 5.21. The Hall–Kier alpha value is -4.50.